The summed E-state index contributed by atoms with van der Waals surface area (Å²) in [5.74, 6) is 0. The number of hydrogen-bond acceptors (Lipinski definition) is 2. The molecule has 1 aromatic carbocycles. The first-order chi connectivity index (χ1) is 9.11. The van der Waals surface area contributed by atoms with Crippen LogP contribution >= 0.6 is 11.6 Å². The van der Waals surface area contributed by atoms with Crippen molar-refractivity contribution in [2.75, 3.05) is 7.05 Å². The summed E-state index contributed by atoms with van der Waals surface area (Å²) in [4.78, 5) is 0. The Hall–Kier alpha value is -1.32. The number of rotatable bonds is 5. The van der Waals surface area contributed by atoms with Gasteiger partial charge in [0.25, 0.3) is 0 Å². The van der Waals surface area contributed by atoms with Gasteiger partial charge in [-0.15, -0.1) is 0 Å². The van der Waals surface area contributed by atoms with E-state index in [0.717, 1.165) is 23.4 Å². The number of nitrogens with zero attached hydrogens (tertiary/aromatic N) is 2. The number of hydrogen-bond donors (Lipinski definition) is 1. The molecule has 2 rings (SSSR count). The van der Waals surface area contributed by atoms with Crippen LogP contribution in [0.1, 0.15) is 29.2 Å². The third-order valence-corrected chi connectivity index (χ3v) is 3.94. The van der Waals surface area contributed by atoms with Crippen LogP contribution in [-0.2, 0) is 13.5 Å². The number of benzene rings is 1. The van der Waals surface area contributed by atoms with Crippen LogP contribution < -0.4 is 5.32 Å². The molecule has 4 heteroatoms. The fourth-order valence-corrected chi connectivity index (χ4v) is 2.56. The molecule has 0 bridgehead atoms. The quantitative estimate of drug-likeness (QED) is 0.909. The maximum absolute atomic E-state index is 6.40. The van der Waals surface area contributed by atoms with E-state index in [4.69, 9.17) is 11.6 Å². The molecule has 3 nitrogen and oxygen atoms in total. The summed E-state index contributed by atoms with van der Waals surface area (Å²) in [5, 5.41) is 8.42. The number of aromatic nitrogens is 2. The van der Waals surface area contributed by atoms with E-state index in [1.807, 2.05) is 38.0 Å². The Balaban J connectivity index is 2.09. The first-order valence-electron chi connectivity index (χ1n) is 6.51. The van der Waals surface area contributed by atoms with E-state index >= 15 is 0 Å². The van der Waals surface area contributed by atoms with Crippen LogP contribution in [0.2, 0.25) is 5.02 Å². The minimum Gasteiger partial charge on any atom is -0.313 e. The highest BCUT2D eigenvalue weighted by molar-refractivity contribution is 6.32. The molecule has 0 aliphatic heterocycles. The van der Waals surface area contributed by atoms with Crippen molar-refractivity contribution >= 4 is 11.6 Å². The standard InChI is InChI=1S/C15H20ClN3/c1-11-5-4-6-13(15(11)16)14(17-2)8-7-12-9-18-19(3)10-12/h4-6,9-10,14,17H,7-8H2,1-3H3. The summed E-state index contributed by atoms with van der Waals surface area (Å²) in [6.45, 7) is 2.04. The number of halogens is 1. The van der Waals surface area contributed by atoms with Gasteiger partial charge in [0.1, 0.15) is 0 Å². The number of nitrogens with one attached hydrogen (secondary N) is 1. The second-order valence-corrected chi connectivity index (χ2v) is 5.26. The second kappa shape index (κ2) is 6.22. The Kier molecular flexibility index (Phi) is 4.61. The summed E-state index contributed by atoms with van der Waals surface area (Å²) in [5.41, 5.74) is 3.56. The Labute approximate surface area is 119 Å². The average molecular weight is 278 g/mol. The normalized spacial score (nSPS) is 12.6. The van der Waals surface area contributed by atoms with Crippen LogP contribution in [0.5, 0.6) is 0 Å². The maximum Gasteiger partial charge on any atom is 0.0521 e. The van der Waals surface area contributed by atoms with Gasteiger partial charge < -0.3 is 5.32 Å². The number of aryl methyl sites for hydroxylation is 3. The summed E-state index contributed by atoms with van der Waals surface area (Å²) in [7, 11) is 3.92. The molecule has 0 saturated carbocycles. The third-order valence-electron chi connectivity index (χ3n) is 3.43. The van der Waals surface area contributed by atoms with Crippen LogP contribution in [0.3, 0.4) is 0 Å². The Morgan fingerprint density at radius 3 is 2.84 bits per heavy atom. The lowest BCUT2D eigenvalue weighted by atomic mass is 9.98. The van der Waals surface area contributed by atoms with Crippen LogP contribution in [-0.4, -0.2) is 16.8 Å². The molecule has 2 aromatic rings. The van der Waals surface area contributed by atoms with Gasteiger partial charge >= 0.3 is 0 Å². The van der Waals surface area contributed by atoms with E-state index in [1.165, 1.54) is 11.1 Å². The van der Waals surface area contributed by atoms with Crippen LogP contribution in [0, 0.1) is 6.92 Å². The second-order valence-electron chi connectivity index (χ2n) is 4.88. The van der Waals surface area contributed by atoms with Crippen molar-refractivity contribution in [1.82, 2.24) is 15.1 Å². The van der Waals surface area contributed by atoms with Crippen molar-refractivity contribution in [3.8, 4) is 0 Å². The predicted octanol–water partition coefficient (Wildman–Crippen LogP) is 3.28. The molecule has 0 aliphatic carbocycles. The molecular weight excluding hydrogens is 258 g/mol. The summed E-state index contributed by atoms with van der Waals surface area (Å²) >= 11 is 6.40. The van der Waals surface area contributed by atoms with E-state index in [9.17, 15) is 0 Å². The van der Waals surface area contributed by atoms with Gasteiger partial charge in [-0.3, -0.25) is 4.68 Å². The molecule has 0 fully saturated rings. The highest BCUT2D eigenvalue weighted by Gasteiger charge is 2.14. The Morgan fingerprint density at radius 1 is 1.42 bits per heavy atom. The van der Waals surface area contributed by atoms with Crippen LogP contribution in [0.15, 0.2) is 30.6 Å². The molecule has 0 spiro atoms. The van der Waals surface area contributed by atoms with Crippen molar-refractivity contribution in [2.45, 2.75) is 25.8 Å². The molecule has 0 radical (unpaired) electrons. The fraction of sp³-hybridized carbons (Fsp3) is 0.400. The molecule has 0 aliphatic rings. The van der Waals surface area contributed by atoms with Gasteiger partial charge in [-0.1, -0.05) is 29.8 Å². The van der Waals surface area contributed by atoms with Crippen molar-refractivity contribution < 1.29 is 0 Å². The molecule has 1 heterocycles. The molecular formula is C15H20ClN3. The Morgan fingerprint density at radius 2 is 2.21 bits per heavy atom. The molecule has 1 N–H and O–H groups in total. The topological polar surface area (TPSA) is 29.9 Å². The van der Waals surface area contributed by atoms with Crippen molar-refractivity contribution in [1.29, 1.82) is 0 Å². The van der Waals surface area contributed by atoms with Gasteiger partial charge in [-0.25, -0.2) is 0 Å². The van der Waals surface area contributed by atoms with Crippen LogP contribution in [0.4, 0.5) is 0 Å². The molecule has 0 amide bonds. The Bertz CT molecular complexity index is 548. The van der Waals surface area contributed by atoms with Crippen molar-refractivity contribution in [3.05, 3.63) is 52.3 Å². The first kappa shape index (κ1) is 14.1. The van der Waals surface area contributed by atoms with Gasteiger partial charge in [0.15, 0.2) is 0 Å². The van der Waals surface area contributed by atoms with Gasteiger partial charge in [0.2, 0.25) is 0 Å². The van der Waals surface area contributed by atoms with Gasteiger partial charge in [-0.2, -0.15) is 5.10 Å². The molecule has 1 aromatic heterocycles. The lowest BCUT2D eigenvalue weighted by molar-refractivity contribution is 0.549. The molecule has 1 atom stereocenters. The van der Waals surface area contributed by atoms with Gasteiger partial charge in [0, 0.05) is 24.3 Å². The lowest BCUT2D eigenvalue weighted by Crippen LogP contribution is -2.17. The maximum atomic E-state index is 6.40. The van der Waals surface area contributed by atoms with Crippen LogP contribution in [0.25, 0.3) is 0 Å². The van der Waals surface area contributed by atoms with Gasteiger partial charge in [0.05, 0.1) is 6.20 Å². The SMILES string of the molecule is CNC(CCc1cnn(C)c1)c1cccc(C)c1Cl. The minimum absolute atomic E-state index is 0.271. The average Bonchev–Trinajstić information content (AvgIpc) is 2.81. The highest BCUT2D eigenvalue weighted by Crippen LogP contribution is 2.28. The van der Waals surface area contributed by atoms with E-state index in [0.29, 0.717) is 0 Å². The van der Waals surface area contributed by atoms with E-state index in [2.05, 4.69) is 28.7 Å². The van der Waals surface area contributed by atoms with E-state index in [1.54, 1.807) is 0 Å². The molecule has 102 valence electrons. The lowest BCUT2D eigenvalue weighted by Gasteiger charge is -2.18. The summed E-state index contributed by atoms with van der Waals surface area (Å²) in [6.07, 6.45) is 5.98. The minimum atomic E-state index is 0.271. The first-order valence-corrected chi connectivity index (χ1v) is 6.89. The molecule has 0 saturated heterocycles. The van der Waals surface area contributed by atoms with E-state index < -0.39 is 0 Å². The summed E-state index contributed by atoms with van der Waals surface area (Å²) in [6, 6.07) is 6.47. The molecule has 1 unspecified atom stereocenters. The zero-order chi connectivity index (χ0) is 13.8. The zero-order valence-corrected chi connectivity index (χ0v) is 12.4. The molecule has 19 heavy (non-hydrogen) atoms. The largest absolute Gasteiger partial charge is 0.313 e. The highest BCUT2D eigenvalue weighted by atomic mass is 35.5. The fourth-order valence-electron chi connectivity index (χ4n) is 2.31. The van der Waals surface area contributed by atoms with Gasteiger partial charge in [-0.05, 0) is 43.5 Å². The van der Waals surface area contributed by atoms with Crippen molar-refractivity contribution in [2.24, 2.45) is 7.05 Å². The smallest absolute Gasteiger partial charge is 0.0521 e. The third kappa shape index (κ3) is 3.37. The summed E-state index contributed by atoms with van der Waals surface area (Å²) < 4.78 is 1.84. The predicted molar refractivity (Wildman–Crippen MR) is 79.5 cm³/mol. The monoisotopic (exact) mass is 277 g/mol. The zero-order valence-electron chi connectivity index (χ0n) is 11.7. The van der Waals surface area contributed by atoms with E-state index in [-0.39, 0.29) is 6.04 Å². The van der Waals surface area contributed by atoms with Crippen molar-refractivity contribution in [3.63, 3.8) is 0 Å².